The van der Waals surface area contributed by atoms with Crippen molar-refractivity contribution in [2.24, 2.45) is 0 Å². The molecule has 7 heteroatoms. The van der Waals surface area contributed by atoms with Gasteiger partial charge in [0.15, 0.2) is 0 Å². The van der Waals surface area contributed by atoms with Gasteiger partial charge in [0, 0.05) is 6.54 Å². The molecule has 1 fully saturated rings. The Morgan fingerprint density at radius 2 is 1.72 bits per heavy atom. The van der Waals surface area contributed by atoms with Gasteiger partial charge >= 0.3 is 13.2 Å². The van der Waals surface area contributed by atoms with Gasteiger partial charge in [-0.3, -0.25) is 4.90 Å². The van der Waals surface area contributed by atoms with Gasteiger partial charge in [0.25, 0.3) is 0 Å². The van der Waals surface area contributed by atoms with E-state index in [4.69, 9.17) is 18.8 Å². The van der Waals surface area contributed by atoms with Crippen LogP contribution in [0.1, 0.15) is 72.9 Å². The molecule has 2 aromatic carbocycles. The fourth-order valence-corrected chi connectivity index (χ4v) is 4.57. The molecule has 1 amide bonds. The molecule has 2 heterocycles. The molecule has 0 saturated carbocycles. The summed E-state index contributed by atoms with van der Waals surface area (Å²) in [7, 11) is -0.398. The third-order valence-electron chi connectivity index (χ3n) is 7.44. The molecule has 4 rings (SSSR count). The van der Waals surface area contributed by atoms with Crippen molar-refractivity contribution in [3.05, 3.63) is 59.7 Å². The quantitative estimate of drug-likeness (QED) is 0.515. The first-order valence-electron chi connectivity index (χ1n) is 12.9. The van der Waals surface area contributed by atoms with Crippen LogP contribution >= 0.6 is 0 Å². The van der Waals surface area contributed by atoms with Gasteiger partial charge in [-0.1, -0.05) is 42.5 Å². The average Bonchev–Trinajstić information content (AvgIpc) is 3.02. The van der Waals surface area contributed by atoms with Crippen LogP contribution in [0, 0.1) is 0 Å². The van der Waals surface area contributed by atoms with Gasteiger partial charge in [-0.15, -0.1) is 0 Å². The first-order valence-corrected chi connectivity index (χ1v) is 12.9. The molecule has 0 N–H and O–H groups in total. The lowest BCUT2D eigenvalue weighted by molar-refractivity contribution is -0.00344. The normalized spacial score (nSPS) is 21.3. The molecule has 2 unspecified atom stereocenters. The second-order valence-corrected chi connectivity index (χ2v) is 12.0. The molecular formula is C29H40BNO5. The minimum Gasteiger partial charge on any atom is -0.488 e. The molecule has 0 bridgehead atoms. The largest absolute Gasteiger partial charge is 0.494 e. The van der Waals surface area contributed by atoms with E-state index in [9.17, 15) is 4.79 Å². The van der Waals surface area contributed by atoms with Crippen LogP contribution in [0.25, 0.3) is 0 Å². The van der Waals surface area contributed by atoms with Crippen LogP contribution in [0.4, 0.5) is 4.79 Å². The summed E-state index contributed by atoms with van der Waals surface area (Å²) in [6.45, 7) is 16.4. The second-order valence-electron chi connectivity index (χ2n) is 12.0. The topological polar surface area (TPSA) is 57.2 Å². The highest BCUT2D eigenvalue weighted by atomic mass is 16.7. The predicted octanol–water partition coefficient (Wildman–Crippen LogP) is 5.51. The van der Waals surface area contributed by atoms with Crippen LogP contribution in [0.5, 0.6) is 5.75 Å². The average molecular weight is 493 g/mol. The number of aryl methyl sites for hydroxylation is 1. The summed E-state index contributed by atoms with van der Waals surface area (Å²) in [5.41, 5.74) is 1.86. The third-order valence-corrected chi connectivity index (χ3v) is 7.44. The highest BCUT2D eigenvalue weighted by molar-refractivity contribution is 6.62. The summed E-state index contributed by atoms with van der Waals surface area (Å²) >= 11 is 0. The SMILES string of the molecule is CC(C1CCc2cc(B3OC(C)(C)C(C)(C)O3)ccc2O1)N(Cc1ccccc1)C(=O)OC(C)(C)C. The number of rotatable bonds is 5. The zero-order valence-electron chi connectivity index (χ0n) is 23.0. The van der Waals surface area contributed by atoms with E-state index < -0.39 is 12.7 Å². The van der Waals surface area contributed by atoms with Gasteiger partial charge in [-0.05, 0) is 90.9 Å². The van der Waals surface area contributed by atoms with E-state index in [-0.39, 0.29) is 29.4 Å². The minimum atomic E-state index is -0.574. The van der Waals surface area contributed by atoms with Gasteiger partial charge in [0.2, 0.25) is 0 Å². The van der Waals surface area contributed by atoms with Crippen molar-refractivity contribution in [1.82, 2.24) is 4.90 Å². The van der Waals surface area contributed by atoms with Crippen molar-refractivity contribution < 1.29 is 23.6 Å². The zero-order chi connectivity index (χ0) is 26.3. The minimum absolute atomic E-state index is 0.142. The number of ether oxygens (including phenoxy) is 2. The van der Waals surface area contributed by atoms with Crippen molar-refractivity contribution in [3.8, 4) is 5.75 Å². The smallest absolute Gasteiger partial charge is 0.488 e. The standard InChI is InChI=1S/C29H40BNO5/c1-20(31(26(32)34-27(2,3)4)19-21-12-10-9-11-13-21)24-16-14-22-18-23(15-17-25(22)33-24)30-35-28(5,6)29(7,8)36-30/h9-13,15,17-18,20,24H,14,16,19H2,1-8H3. The van der Waals surface area contributed by atoms with Crippen LogP contribution < -0.4 is 10.2 Å². The Hall–Kier alpha value is -2.51. The lowest BCUT2D eigenvalue weighted by atomic mass is 9.77. The molecule has 2 aromatic rings. The summed E-state index contributed by atoms with van der Waals surface area (Å²) in [6, 6.07) is 16.0. The van der Waals surface area contributed by atoms with Crippen molar-refractivity contribution in [1.29, 1.82) is 0 Å². The maximum absolute atomic E-state index is 13.2. The van der Waals surface area contributed by atoms with Gasteiger partial charge < -0.3 is 18.8 Å². The fourth-order valence-electron chi connectivity index (χ4n) is 4.57. The van der Waals surface area contributed by atoms with E-state index in [1.165, 1.54) is 0 Å². The van der Waals surface area contributed by atoms with Crippen LogP contribution in [0.15, 0.2) is 48.5 Å². The van der Waals surface area contributed by atoms with Gasteiger partial charge in [-0.25, -0.2) is 4.79 Å². The molecule has 2 aliphatic heterocycles. The molecule has 0 spiro atoms. The van der Waals surface area contributed by atoms with E-state index in [0.717, 1.165) is 35.2 Å². The Bertz CT molecular complexity index is 1060. The van der Waals surface area contributed by atoms with Crippen molar-refractivity contribution in [2.75, 3.05) is 0 Å². The number of benzene rings is 2. The highest BCUT2D eigenvalue weighted by Crippen LogP contribution is 2.37. The van der Waals surface area contributed by atoms with Crippen molar-refractivity contribution in [3.63, 3.8) is 0 Å². The van der Waals surface area contributed by atoms with Gasteiger partial charge in [0.1, 0.15) is 17.5 Å². The number of carbonyl (C=O) groups is 1. The molecule has 1 saturated heterocycles. The molecule has 194 valence electrons. The Kier molecular flexibility index (Phi) is 7.19. The summed E-state index contributed by atoms with van der Waals surface area (Å²) in [4.78, 5) is 15.0. The number of carbonyl (C=O) groups excluding carboxylic acids is 1. The molecule has 6 nitrogen and oxygen atoms in total. The Balaban J connectivity index is 1.50. The maximum atomic E-state index is 13.2. The van der Waals surface area contributed by atoms with E-state index in [0.29, 0.717) is 6.54 Å². The lowest BCUT2D eigenvalue weighted by Crippen LogP contribution is -2.49. The Morgan fingerprint density at radius 1 is 1.08 bits per heavy atom. The molecular weight excluding hydrogens is 453 g/mol. The molecule has 2 aliphatic rings. The van der Waals surface area contributed by atoms with Crippen LogP contribution in [-0.2, 0) is 27.0 Å². The summed E-state index contributed by atoms with van der Waals surface area (Å²) in [5.74, 6) is 0.849. The predicted molar refractivity (Wildman–Crippen MR) is 143 cm³/mol. The second kappa shape index (κ2) is 9.75. The molecule has 0 aliphatic carbocycles. The molecule has 2 atom stereocenters. The maximum Gasteiger partial charge on any atom is 0.494 e. The molecule has 0 aromatic heterocycles. The summed E-state index contributed by atoms with van der Waals surface area (Å²) in [6.07, 6.45) is 1.18. The Morgan fingerprint density at radius 3 is 2.33 bits per heavy atom. The number of hydrogen-bond acceptors (Lipinski definition) is 5. The van der Waals surface area contributed by atoms with Crippen LogP contribution in [0.2, 0.25) is 0 Å². The number of hydrogen-bond donors (Lipinski definition) is 0. The monoisotopic (exact) mass is 493 g/mol. The van der Waals surface area contributed by atoms with E-state index >= 15 is 0 Å². The zero-order valence-corrected chi connectivity index (χ0v) is 23.0. The molecule has 0 radical (unpaired) electrons. The third kappa shape index (κ3) is 5.73. The van der Waals surface area contributed by atoms with Crippen molar-refractivity contribution >= 4 is 18.7 Å². The number of nitrogens with zero attached hydrogens (tertiary/aromatic N) is 1. The van der Waals surface area contributed by atoms with E-state index in [1.807, 2.05) is 70.2 Å². The summed E-state index contributed by atoms with van der Waals surface area (Å²) < 4.78 is 24.7. The van der Waals surface area contributed by atoms with Gasteiger partial charge in [-0.2, -0.15) is 0 Å². The first kappa shape index (κ1) is 26.6. The van der Waals surface area contributed by atoms with E-state index in [2.05, 4.69) is 33.8 Å². The fraction of sp³-hybridized carbons (Fsp3) is 0.552. The number of fused-ring (bicyclic) bond motifs is 1. The summed E-state index contributed by atoms with van der Waals surface area (Å²) in [5, 5.41) is 0. The number of amides is 1. The highest BCUT2D eigenvalue weighted by Gasteiger charge is 2.51. The van der Waals surface area contributed by atoms with Gasteiger partial charge in [0.05, 0.1) is 17.2 Å². The van der Waals surface area contributed by atoms with Crippen molar-refractivity contribution in [2.45, 2.75) is 104 Å². The Labute approximate surface area is 216 Å². The lowest BCUT2D eigenvalue weighted by Gasteiger charge is -2.38. The van der Waals surface area contributed by atoms with Crippen LogP contribution in [0.3, 0.4) is 0 Å². The molecule has 36 heavy (non-hydrogen) atoms. The van der Waals surface area contributed by atoms with Crippen LogP contribution in [-0.4, -0.2) is 47.1 Å². The van der Waals surface area contributed by atoms with E-state index in [1.54, 1.807) is 4.90 Å². The first-order chi connectivity index (χ1) is 16.8.